The van der Waals surface area contributed by atoms with Gasteiger partial charge in [0.1, 0.15) is 17.9 Å². The van der Waals surface area contributed by atoms with Gasteiger partial charge >= 0.3 is 5.69 Å². The summed E-state index contributed by atoms with van der Waals surface area (Å²) in [6.45, 7) is 4.66. The monoisotopic (exact) mass is 576 g/mol. The van der Waals surface area contributed by atoms with E-state index in [4.69, 9.17) is 4.74 Å². The van der Waals surface area contributed by atoms with E-state index in [1.807, 2.05) is 12.1 Å². The summed E-state index contributed by atoms with van der Waals surface area (Å²) in [7, 11) is 0. The number of benzene rings is 3. The van der Waals surface area contributed by atoms with Gasteiger partial charge in [-0.1, -0.05) is 30.3 Å². The highest BCUT2D eigenvalue weighted by Gasteiger charge is 2.44. The molecule has 1 unspecified atom stereocenters. The van der Waals surface area contributed by atoms with E-state index in [0.717, 1.165) is 86.4 Å². The van der Waals surface area contributed by atoms with Crippen molar-refractivity contribution in [3.8, 4) is 22.6 Å². The Balaban J connectivity index is 1.01. The molecule has 0 bridgehead atoms. The van der Waals surface area contributed by atoms with Crippen molar-refractivity contribution in [3.63, 3.8) is 0 Å². The Morgan fingerprint density at radius 2 is 1.79 bits per heavy atom. The summed E-state index contributed by atoms with van der Waals surface area (Å²) in [4.78, 5) is 31.1. The van der Waals surface area contributed by atoms with Crippen LogP contribution < -0.4 is 15.3 Å². The van der Waals surface area contributed by atoms with Gasteiger partial charge in [0, 0.05) is 37.2 Å². The molecular formula is C34H33FN6O2. The third-order valence-corrected chi connectivity index (χ3v) is 9.33. The van der Waals surface area contributed by atoms with E-state index in [0.29, 0.717) is 17.4 Å². The lowest BCUT2D eigenvalue weighted by Crippen LogP contribution is -2.31. The first-order valence-electron chi connectivity index (χ1n) is 15.1. The summed E-state index contributed by atoms with van der Waals surface area (Å²) >= 11 is 0. The number of likely N-dealkylation sites (tertiary alicyclic amines) is 1. The van der Waals surface area contributed by atoms with Crippen molar-refractivity contribution in [1.82, 2.24) is 24.8 Å². The van der Waals surface area contributed by atoms with Crippen molar-refractivity contribution in [1.29, 1.82) is 0 Å². The van der Waals surface area contributed by atoms with Crippen LogP contribution in [0.3, 0.4) is 0 Å². The molecule has 2 N–H and O–H groups in total. The average molecular weight is 577 g/mol. The summed E-state index contributed by atoms with van der Waals surface area (Å²) in [6, 6.07) is 19.1. The lowest BCUT2D eigenvalue weighted by atomic mass is 9.86. The molecule has 3 fully saturated rings. The van der Waals surface area contributed by atoms with Gasteiger partial charge in [0.05, 0.1) is 17.2 Å². The summed E-state index contributed by atoms with van der Waals surface area (Å²) in [5.41, 5.74) is 5.90. The molecule has 1 saturated carbocycles. The Morgan fingerprint density at radius 3 is 2.70 bits per heavy atom. The minimum Gasteiger partial charge on any atom is -0.451 e. The molecule has 2 aliphatic heterocycles. The topological polar surface area (TPSA) is 90.1 Å². The van der Waals surface area contributed by atoms with Crippen LogP contribution in [0.5, 0.6) is 11.5 Å². The maximum absolute atomic E-state index is 14.5. The molecule has 2 aromatic heterocycles. The smallest absolute Gasteiger partial charge is 0.323 e. The van der Waals surface area contributed by atoms with Crippen LogP contribution in [0.1, 0.15) is 42.7 Å². The van der Waals surface area contributed by atoms with E-state index in [1.165, 1.54) is 17.2 Å². The van der Waals surface area contributed by atoms with E-state index < -0.39 is 0 Å². The summed E-state index contributed by atoms with van der Waals surface area (Å²) in [5, 5.41) is 0. The van der Waals surface area contributed by atoms with Gasteiger partial charge in [-0.15, -0.1) is 0 Å². The van der Waals surface area contributed by atoms with Crippen LogP contribution in [0.25, 0.3) is 22.2 Å². The number of aromatic amines is 2. The number of halogens is 1. The van der Waals surface area contributed by atoms with Crippen LogP contribution in [-0.2, 0) is 6.54 Å². The summed E-state index contributed by atoms with van der Waals surface area (Å²) in [5.74, 6) is 2.20. The Morgan fingerprint density at radius 1 is 0.930 bits per heavy atom. The molecule has 43 heavy (non-hydrogen) atoms. The van der Waals surface area contributed by atoms with Crippen molar-refractivity contribution >= 4 is 16.9 Å². The second kappa shape index (κ2) is 10.3. The third-order valence-electron chi connectivity index (χ3n) is 9.33. The highest BCUT2D eigenvalue weighted by Crippen LogP contribution is 2.48. The number of imidazole rings is 1. The first-order valence-corrected chi connectivity index (χ1v) is 15.1. The average Bonchev–Trinajstić information content (AvgIpc) is 3.51. The lowest BCUT2D eigenvalue weighted by molar-refractivity contribution is 0.270. The highest BCUT2D eigenvalue weighted by atomic mass is 19.1. The Hall–Kier alpha value is -4.50. The molecule has 3 aromatic carbocycles. The van der Waals surface area contributed by atoms with Crippen molar-refractivity contribution in [2.24, 2.45) is 5.41 Å². The Bertz CT molecular complexity index is 1880. The van der Waals surface area contributed by atoms with E-state index in [1.54, 1.807) is 24.7 Å². The minimum atomic E-state index is -0.286. The van der Waals surface area contributed by atoms with Crippen molar-refractivity contribution < 1.29 is 9.13 Å². The molecule has 2 saturated heterocycles. The number of hydrogen-bond acceptors (Lipinski definition) is 6. The van der Waals surface area contributed by atoms with Gasteiger partial charge in [0.15, 0.2) is 11.6 Å². The van der Waals surface area contributed by atoms with Crippen molar-refractivity contribution in [2.75, 3.05) is 31.1 Å². The molecule has 1 spiro atoms. The SMILES string of the molecule is O=c1[nH]c2ccc(CN3CCC4(CCN(c5ncncc5Oc5ccc(F)cc5-c5ccccc5C5CC5)C4)C3)cc2[nH]1. The maximum atomic E-state index is 14.5. The van der Waals surface area contributed by atoms with Crippen LogP contribution >= 0.6 is 0 Å². The number of rotatable bonds is 7. The molecule has 0 amide bonds. The highest BCUT2D eigenvalue weighted by molar-refractivity contribution is 5.76. The van der Waals surface area contributed by atoms with Gasteiger partial charge in [0.2, 0.25) is 0 Å². The second-order valence-electron chi connectivity index (χ2n) is 12.4. The van der Waals surface area contributed by atoms with Crippen LogP contribution in [-0.4, -0.2) is 51.0 Å². The molecule has 1 atom stereocenters. The standard InChI is InChI=1S/C34H33FN6O2/c35-24-8-10-30(27(16-24)26-4-2-1-3-25(26)23-6-7-23)43-31-17-36-21-37-32(31)41-14-12-34(20-41)11-13-40(19-34)18-22-5-9-28-29(15-22)39-33(42)38-28/h1-5,8-10,15-17,21,23H,6-7,11-14,18-20H2,(H2,38,39,42). The fraction of sp³-hybridized carbons (Fsp3) is 0.324. The van der Waals surface area contributed by atoms with Gasteiger partial charge in [-0.25, -0.2) is 19.2 Å². The van der Waals surface area contributed by atoms with Crippen molar-refractivity contribution in [2.45, 2.75) is 38.1 Å². The summed E-state index contributed by atoms with van der Waals surface area (Å²) in [6.07, 6.45) is 7.81. The molecule has 9 heteroatoms. The first-order chi connectivity index (χ1) is 21.0. The van der Waals surface area contributed by atoms with Crippen LogP contribution in [0, 0.1) is 11.2 Å². The van der Waals surface area contributed by atoms with Crippen LogP contribution in [0.2, 0.25) is 0 Å². The summed E-state index contributed by atoms with van der Waals surface area (Å²) < 4.78 is 21.1. The second-order valence-corrected chi connectivity index (χ2v) is 12.4. The normalized spacial score (nSPS) is 20.4. The first kappa shape index (κ1) is 26.2. The number of fused-ring (bicyclic) bond motifs is 1. The fourth-order valence-corrected chi connectivity index (χ4v) is 7.08. The molecule has 8 rings (SSSR count). The maximum Gasteiger partial charge on any atom is 0.323 e. The molecule has 0 radical (unpaired) electrons. The number of anilines is 1. The van der Waals surface area contributed by atoms with Crippen LogP contribution in [0.15, 0.2) is 78.0 Å². The number of aromatic nitrogens is 4. The fourth-order valence-electron chi connectivity index (χ4n) is 7.08. The van der Waals surface area contributed by atoms with Crippen LogP contribution in [0.4, 0.5) is 10.2 Å². The zero-order valence-corrected chi connectivity index (χ0v) is 23.9. The van der Waals surface area contributed by atoms with E-state index >= 15 is 0 Å². The Kier molecular flexibility index (Phi) is 6.29. The molecule has 1 aliphatic carbocycles. The van der Waals surface area contributed by atoms with Gasteiger partial charge in [0.25, 0.3) is 0 Å². The largest absolute Gasteiger partial charge is 0.451 e. The minimum absolute atomic E-state index is 0.176. The third kappa shape index (κ3) is 5.07. The quantitative estimate of drug-likeness (QED) is 0.239. The predicted octanol–water partition coefficient (Wildman–Crippen LogP) is 6.22. The number of H-pyrrole nitrogens is 2. The molecule has 5 aromatic rings. The van der Waals surface area contributed by atoms with Gasteiger partial charge in [-0.3, -0.25) is 4.90 Å². The number of nitrogens with one attached hydrogen (secondary N) is 2. The van der Waals surface area contributed by atoms with Crippen molar-refractivity contribution in [3.05, 3.63) is 101 Å². The number of hydrogen-bond donors (Lipinski definition) is 2. The molecule has 4 heterocycles. The lowest BCUT2D eigenvalue weighted by Gasteiger charge is -2.26. The van der Waals surface area contributed by atoms with E-state index in [9.17, 15) is 9.18 Å². The van der Waals surface area contributed by atoms with E-state index in [2.05, 4.69) is 60.1 Å². The van der Waals surface area contributed by atoms with E-state index in [-0.39, 0.29) is 16.9 Å². The molecular weight excluding hydrogens is 543 g/mol. The Labute approximate surface area is 248 Å². The van der Waals surface area contributed by atoms with Gasteiger partial charge in [-0.05, 0) is 85.2 Å². The zero-order chi connectivity index (χ0) is 29.0. The predicted molar refractivity (Wildman–Crippen MR) is 164 cm³/mol. The number of ether oxygens (including phenoxy) is 1. The molecule has 218 valence electrons. The van der Waals surface area contributed by atoms with Gasteiger partial charge < -0.3 is 19.6 Å². The number of nitrogens with zero attached hydrogens (tertiary/aromatic N) is 4. The zero-order valence-electron chi connectivity index (χ0n) is 23.9. The molecule has 3 aliphatic rings. The molecule has 8 nitrogen and oxygen atoms in total. The van der Waals surface area contributed by atoms with Gasteiger partial charge in [-0.2, -0.15) is 0 Å².